The van der Waals surface area contributed by atoms with Gasteiger partial charge in [-0.25, -0.2) is 14.8 Å². The van der Waals surface area contributed by atoms with Gasteiger partial charge in [0.1, 0.15) is 0 Å². The summed E-state index contributed by atoms with van der Waals surface area (Å²) < 4.78 is 0. The Morgan fingerprint density at radius 1 is 1.44 bits per heavy atom. The summed E-state index contributed by atoms with van der Waals surface area (Å²) in [6.07, 6.45) is 0.727. The summed E-state index contributed by atoms with van der Waals surface area (Å²) in [5.74, 6) is -0.977. The van der Waals surface area contributed by atoms with Crippen LogP contribution in [0.4, 0.5) is 0 Å². The Balaban J connectivity index is 2.74. The van der Waals surface area contributed by atoms with Gasteiger partial charge in [-0.3, -0.25) is 0 Å². The summed E-state index contributed by atoms with van der Waals surface area (Å²) >= 11 is 5.76. The molecule has 0 bridgehead atoms. The molecule has 16 heavy (non-hydrogen) atoms. The number of aromatic carboxylic acids is 1. The number of hydrogen-bond donors (Lipinski definition) is 1. The number of hydrogen-bond acceptors (Lipinski definition) is 3. The number of aromatic nitrogens is 2. The monoisotopic (exact) mass is 236 g/mol. The fourth-order valence-corrected chi connectivity index (χ4v) is 1.76. The van der Waals surface area contributed by atoms with Crippen LogP contribution in [0.25, 0.3) is 10.9 Å². The number of carboxylic acid groups (broad SMARTS) is 1. The van der Waals surface area contributed by atoms with Crippen molar-refractivity contribution in [3.05, 3.63) is 34.7 Å². The van der Waals surface area contributed by atoms with E-state index in [4.69, 9.17) is 16.7 Å². The van der Waals surface area contributed by atoms with Crippen molar-refractivity contribution < 1.29 is 9.90 Å². The number of aryl methyl sites for hydroxylation is 1. The second-order valence-electron chi connectivity index (χ2n) is 3.33. The Morgan fingerprint density at radius 2 is 2.19 bits per heavy atom. The molecule has 0 unspecified atom stereocenters. The van der Waals surface area contributed by atoms with Crippen LogP contribution in [0, 0.1) is 0 Å². The molecule has 0 aliphatic carbocycles. The van der Waals surface area contributed by atoms with Crippen molar-refractivity contribution in [2.45, 2.75) is 13.3 Å². The van der Waals surface area contributed by atoms with Crippen LogP contribution >= 0.6 is 11.6 Å². The first-order valence-electron chi connectivity index (χ1n) is 4.81. The Kier molecular flexibility index (Phi) is 2.75. The van der Waals surface area contributed by atoms with Crippen LogP contribution in [0.3, 0.4) is 0 Å². The summed E-state index contributed by atoms with van der Waals surface area (Å²) in [6.45, 7) is 1.96. The lowest BCUT2D eigenvalue weighted by Gasteiger charge is -2.04. The number of nitrogens with zero attached hydrogens (tertiary/aromatic N) is 2. The molecule has 1 heterocycles. The fraction of sp³-hybridized carbons (Fsp3) is 0.182. The normalized spacial score (nSPS) is 10.6. The van der Waals surface area contributed by atoms with Gasteiger partial charge in [-0.05, 0) is 30.2 Å². The van der Waals surface area contributed by atoms with E-state index in [9.17, 15) is 4.79 Å². The minimum Gasteiger partial charge on any atom is -0.478 e. The zero-order valence-corrected chi connectivity index (χ0v) is 9.32. The molecule has 0 radical (unpaired) electrons. The summed E-state index contributed by atoms with van der Waals surface area (Å²) in [5.41, 5.74) is 1.59. The molecule has 2 rings (SSSR count). The molecule has 82 valence electrons. The zero-order valence-electron chi connectivity index (χ0n) is 8.57. The van der Waals surface area contributed by atoms with E-state index in [1.807, 2.05) is 6.92 Å². The van der Waals surface area contributed by atoms with Gasteiger partial charge in [0, 0.05) is 5.39 Å². The van der Waals surface area contributed by atoms with E-state index in [2.05, 4.69) is 9.97 Å². The van der Waals surface area contributed by atoms with Gasteiger partial charge in [-0.2, -0.15) is 0 Å². The molecule has 5 heteroatoms. The van der Waals surface area contributed by atoms with Gasteiger partial charge >= 0.3 is 5.97 Å². The van der Waals surface area contributed by atoms with Crippen molar-refractivity contribution in [2.24, 2.45) is 0 Å². The zero-order chi connectivity index (χ0) is 11.7. The van der Waals surface area contributed by atoms with Gasteiger partial charge in [-0.15, -0.1) is 0 Å². The van der Waals surface area contributed by atoms with E-state index in [1.165, 1.54) is 6.07 Å². The average molecular weight is 237 g/mol. The highest BCUT2D eigenvalue weighted by molar-refractivity contribution is 6.28. The molecule has 1 N–H and O–H groups in total. The maximum atomic E-state index is 10.8. The number of rotatable bonds is 2. The van der Waals surface area contributed by atoms with Crippen molar-refractivity contribution in [2.75, 3.05) is 0 Å². The highest BCUT2D eigenvalue weighted by atomic mass is 35.5. The Morgan fingerprint density at radius 3 is 2.81 bits per heavy atom. The molecule has 0 aliphatic heterocycles. The third-order valence-electron chi connectivity index (χ3n) is 2.33. The standard InChI is InChI=1S/C11H9ClN2O2/c1-2-8-7-4-3-6(10(15)16)5-9(7)14-11(12)13-8/h3-5H,2H2,1H3,(H,15,16). The molecule has 1 aromatic carbocycles. The first-order valence-corrected chi connectivity index (χ1v) is 5.19. The lowest BCUT2D eigenvalue weighted by molar-refractivity contribution is 0.0697. The predicted molar refractivity (Wildman–Crippen MR) is 60.9 cm³/mol. The van der Waals surface area contributed by atoms with Gasteiger partial charge < -0.3 is 5.11 Å². The number of carboxylic acids is 1. The summed E-state index contributed by atoms with van der Waals surface area (Å²) in [6, 6.07) is 4.76. The van der Waals surface area contributed by atoms with Crippen LogP contribution < -0.4 is 0 Å². The van der Waals surface area contributed by atoms with Crippen molar-refractivity contribution in [1.29, 1.82) is 0 Å². The van der Waals surface area contributed by atoms with Crippen molar-refractivity contribution in [3.63, 3.8) is 0 Å². The second kappa shape index (κ2) is 4.06. The topological polar surface area (TPSA) is 63.1 Å². The molecule has 0 saturated carbocycles. The van der Waals surface area contributed by atoms with Crippen LogP contribution in [0.1, 0.15) is 23.0 Å². The number of carbonyl (C=O) groups is 1. The van der Waals surface area contributed by atoms with Crippen LogP contribution in [-0.4, -0.2) is 21.0 Å². The van der Waals surface area contributed by atoms with Crippen LogP contribution in [0.15, 0.2) is 18.2 Å². The molecular weight excluding hydrogens is 228 g/mol. The van der Waals surface area contributed by atoms with E-state index in [0.29, 0.717) is 5.52 Å². The molecule has 0 amide bonds. The summed E-state index contributed by atoms with van der Waals surface area (Å²) in [4.78, 5) is 18.9. The minimum absolute atomic E-state index is 0.145. The van der Waals surface area contributed by atoms with Crippen LogP contribution in [0.2, 0.25) is 5.28 Å². The lowest BCUT2D eigenvalue weighted by atomic mass is 10.1. The van der Waals surface area contributed by atoms with E-state index < -0.39 is 5.97 Å². The molecule has 0 spiro atoms. The molecule has 1 aromatic heterocycles. The summed E-state index contributed by atoms with van der Waals surface area (Å²) in [7, 11) is 0. The molecule has 0 fully saturated rings. The average Bonchev–Trinajstić information content (AvgIpc) is 2.26. The van der Waals surface area contributed by atoms with Crippen LogP contribution in [0.5, 0.6) is 0 Å². The summed E-state index contributed by atoms with van der Waals surface area (Å²) in [5, 5.41) is 9.85. The van der Waals surface area contributed by atoms with E-state index >= 15 is 0 Å². The maximum Gasteiger partial charge on any atom is 0.335 e. The first kappa shape index (κ1) is 10.8. The number of fused-ring (bicyclic) bond motifs is 1. The smallest absolute Gasteiger partial charge is 0.335 e. The Labute approximate surface area is 96.9 Å². The number of halogens is 1. The molecule has 0 aliphatic rings. The Hall–Kier alpha value is -1.68. The third-order valence-corrected chi connectivity index (χ3v) is 2.50. The van der Waals surface area contributed by atoms with Gasteiger partial charge in [0.2, 0.25) is 5.28 Å². The Bertz CT molecular complexity index is 569. The van der Waals surface area contributed by atoms with Crippen molar-refractivity contribution >= 4 is 28.5 Å². The van der Waals surface area contributed by atoms with E-state index in [1.54, 1.807) is 12.1 Å². The lowest BCUT2D eigenvalue weighted by Crippen LogP contribution is -1.99. The van der Waals surface area contributed by atoms with Crippen molar-refractivity contribution in [1.82, 2.24) is 9.97 Å². The minimum atomic E-state index is -0.977. The molecular formula is C11H9ClN2O2. The van der Waals surface area contributed by atoms with Gasteiger partial charge in [-0.1, -0.05) is 13.0 Å². The highest BCUT2D eigenvalue weighted by Gasteiger charge is 2.08. The molecule has 4 nitrogen and oxygen atoms in total. The maximum absolute atomic E-state index is 10.8. The molecule has 0 saturated heterocycles. The largest absolute Gasteiger partial charge is 0.478 e. The second-order valence-corrected chi connectivity index (χ2v) is 3.67. The predicted octanol–water partition coefficient (Wildman–Crippen LogP) is 2.54. The highest BCUT2D eigenvalue weighted by Crippen LogP contribution is 2.19. The SMILES string of the molecule is CCc1nc(Cl)nc2cc(C(=O)O)ccc12. The first-order chi connectivity index (χ1) is 7.61. The third kappa shape index (κ3) is 1.84. The fourth-order valence-electron chi connectivity index (χ4n) is 1.57. The van der Waals surface area contributed by atoms with Gasteiger partial charge in [0.15, 0.2) is 0 Å². The van der Waals surface area contributed by atoms with Crippen molar-refractivity contribution in [3.8, 4) is 0 Å². The van der Waals surface area contributed by atoms with Crippen LogP contribution in [-0.2, 0) is 6.42 Å². The van der Waals surface area contributed by atoms with E-state index in [0.717, 1.165) is 17.5 Å². The molecule has 2 aromatic rings. The van der Waals surface area contributed by atoms with Gasteiger partial charge in [0.05, 0.1) is 16.8 Å². The van der Waals surface area contributed by atoms with E-state index in [-0.39, 0.29) is 10.8 Å². The molecule has 0 atom stereocenters. The van der Waals surface area contributed by atoms with Gasteiger partial charge in [0.25, 0.3) is 0 Å². The number of benzene rings is 1. The quantitative estimate of drug-likeness (QED) is 0.814.